The molecule has 0 bridgehead atoms. The van der Waals surface area contributed by atoms with Gasteiger partial charge in [0.15, 0.2) is 5.50 Å². The maximum atomic E-state index is 13.8. The standard InChI is InChI=1S/C23H18ClFN2O2S/c24-18-6-2-1-5-16(18)14-29-17-11-9-15(10-12-17)13-21-22(28)27-23(30-21)26-20-8-4-3-7-19(20)25/h1-13,23,26H,14H2,(H,27,28)/b21-13-. The summed E-state index contributed by atoms with van der Waals surface area (Å²) < 4.78 is 19.6. The Kier molecular flexibility index (Phi) is 6.26. The monoisotopic (exact) mass is 440 g/mol. The second-order valence-electron chi connectivity index (χ2n) is 6.55. The number of ether oxygens (including phenoxy) is 1. The van der Waals surface area contributed by atoms with Crippen LogP contribution in [0, 0.1) is 5.82 Å². The lowest BCUT2D eigenvalue weighted by Gasteiger charge is -2.12. The molecular formula is C23H18ClFN2O2S. The van der Waals surface area contributed by atoms with Crippen molar-refractivity contribution in [1.29, 1.82) is 0 Å². The fourth-order valence-corrected chi connectivity index (χ4v) is 4.04. The van der Waals surface area contributed by atoms with Crippen molar-refractivity contribution in [2.24, 2.45) is 0 Å². The second kappa shape index (κ2) is 9.24. The minimum absolute atomic E-state index is 0.201. The topological polar surface area (TPSA) is 50.4 Å². The van der Waals surface area contributed by atoms with Crippen LogP contribution in [0.4, 0.5) is 10.1 Å². The second-order valence-corrected chi connectivity index (χ2v) is 8.11. The van der Waals surface area contributed by atoms with Crippen LogP contribution in [0.5, 0.6) is 5.75 Å². The van der Waals surface area contributed by atoms with Gasteiger partial charge < -0.3 is 15.4 Å². The molecular weight excluding hydrogens is 423 g/mol. The molecule has 3 aromatic carbocycles. The molecule has 3 aromatic rings. The average Bonchev–Trinajstić information content (AvgIpc) is 3.09. The van der Waals surface area contributed by atoms with Crippen molar-refractivity contribution in [3.63, 3.8) is 0 Å². The molecule has 1 heterocycles. The summed E-state index contributed by atoms with van der Waals surface area (Å²) in [6.45, 7) is 0.377. The molecule has 1 amide bonds. The average molecular weight is 441 g/mol. The van der Waals surface area contributed by atoms with E-state index in [0.29, 0.717) is 28.0 Å². The Morgan fingerprint density at radius 1 is 1.07 bits per heavy atom. The molecule has 30 heavy (non-hydrogen) atoms. The lowest BCUT2D eigenvalue weighted by Crippen LogP contribution is -2.31. The van der Waals surface area contributed by atoms with Crippen LogP contribution in [0.2, 0.25) is 5.02 Å². The van der Waals surface area contributed by atoms with Crippen LogP contribution >= 0.6 is 23.4 Å². The van der Waals surface area contributed by atoms with Crippen LogP contribution in [-0.2, 0) is 11.4 Å². The van der Waals surface area contributed by atoms with Crippen molar-refractivity contribution >= 4 is 41.0 Å². The van der Waals surface area contributed by atoms with Crippen LogP contribution in [0.15, 0.2) is 77.7 Å². The summed E-state index contributed by atoms with van der Waals surface area (Å²) in [5.74, 6) is 0.143. The molecule has 152 valence electrons. The Bertz CT molecular complexity index is 1090. The molecule has 1 aliphatic rings. The van der Waals surface area contributed by atoms with E-state index >= 15 is 0 Å². The number of carbonyl (C=O) groups is 1. The first-order valence-corrected chi connectivity index (χ1v) is 10.5. The first-order valence-electron chi connectivity index (χ1n) is 9.25. The van der Waals surface area contributed by atoms with Crippen molar-refractivity contribution in [1.82, 2.24) is 5.32 Å². The van der Waals surface area contributed by atoms with Gasteiger partial charge in [-0.25, -0.2) is 4.39 Å². The van der Waals surface area contributed by atoms with Gasteiger partial charge in [-0.05, 0) is 42.0 Å². The zero-order chi connectivity index (χ0) is 20.9. The van der Waals surface area contributed by atoms with Gasteiger partial charge in [0.05, 0.1) is 10.6 Å². The predicted octanol–water partition coefficient (Wildman–Crippen LogP) is 5.66. The largest absolute Gasteiger partial charge is 0.489 e. The van der Waals surface area contributed by atoms with E-state index in [1.54, 1.807) is 24.3 Å². The molecule has 0 aliphatic carbocycles. The van der Waals surface area contributed by atoms with Crippen molar-refractivity contribution < 1.29 is 13.9 Å². The Balaban J connectivity index is 1.38. The van der Waals surface area contributed by atoms with Gasteiger partial charge in [-0.2, -0.15) is 0 Å². The summed E-state index contributed by atoms with van der Waals surface area (Å²) in [7, 11) is 0. The van der Waals surface area contributed by atoms with Gasteiger partial charge in [-0.15, -0.1) is 0 Å². The van der Waals surface area contributed by atoms with E-state index in [-0.39, 0.29) is 11.7 Å². The van der Waals surface area contributed by atoms with E-state index in [1.165, 1.54) is 17.8 Å². The molecule has 2 N–H and O–H groups in total. The van der Waals surface area contributed by atoms with Crippen molar-refractivity contribution in [3.8, 4) is 5.75 Å². The minimum Gasteiger partial charge on any atom is -0.489 e. The summed E-state index contributed by atoms with van der Waals surface area (Å²) in [5.41, 5.74) is 1.69. The summed E-state index contributed by atoms with van der Waals surface area (Å²) in [5, 5.41) is 6.45. The van der Waals surface area contributed by atoms with Crippen LogP contribution in [0.3, 0.4) is 0 Å². The maximum Gasteiger partial charge on any atom is 0.260 e. The summed E-state index contributed by atoms with van der Waals surface area (Å²) in [6.07, 6.45) is 1.79. The van der Waals surface area contributed by atoms with Gasteiger partial charge in [0.1, 0.15) is 18.2 Å². The number of thioether (sulfide) groups is 1. The molecule has 0 radical (unpaired) electrons. The molecule has 0 aromatic heterocycles. The Morgan fingerprint density at radius 2 is 1.80 bits per heavy atom. The number of carbonyl (C=O) groups excluding carboxylic acids is 1. The predicted molar refractivity (Wildman–Crippen MR) is 120 cm³/mol. The first-order chi connectivity index (χ1) is 14.6. The zero-order valence-corrected chi connectivity index (χ0v) is 17.3. The quantitative estimate of drug-likeness (QED) is 0.486. The third kappa shape index (κ3) is 4.96. The highest BCUT2D eigenvalue weighted by Gasteiger charge is 2.27. The number of hydrogen-bond donors (Lipinski definition) is 2. The first kappa shape index (κ1) is 20.3. The summed E-state index contributed by atoms with van der Waals surface area (Å²) in [6, 6.07) is 21.3. The number of amides is 1. The van der Waals surface area contributed by atoms with E-state index in [9.17, 15) is 9.18 Å². The molecule has 0 spiro atoms. The molecule has 1 fully saturated rings. The summed E-state index contributed by atoms with van der Waals surface area (Å²) >= 11 is 7.45. The van der Waals surface area contributed by atoms with Gasteiger partial charge in [0.25, 0.3) is 5.91 Å². The van der Waals surface area contributed by atoms with Crippen molar-refractivity contribution in [2.75, 3.05) is 5.32 Å². The highest BCUT2D eigenvalue weighted by atomic mass is 35.5. The smallest absolute Gasteiger partial charge is 0.260 e. The lowest BCUT2D eigenvalue weighted by molar-refractivity contribution is -0.116. The Morgan fingerprint density at radius 3 is 2.57 bits per heavy atom. The molecule has 1 unspecified atom stereocenters. The number of halogens is 2. The van der Waals surface area contributed by atoms with Crippen LogP contribution in [0.25, 0.3) is 6.08 Å². The highest BCUT2D eigenvalue weighted by Crippen LogP contribution is 2.31. The number of benzene rings is 3. The number of anilines is 1. The number of para-hydroxylation sites is 1. The molecule has 1 atom stereocenters. The number of rotatable bonds is 6. The van der Waals surface area contributed by atoms with Gasteiger partial charge in [0.2, 0.25) is 0 Å². The molecule has 1 saturated heterocycles. The summed E-state index contributed by atoms with van der Waals surface area (Å²) in [4.78, 5) is 12.8. The van der Waals surface area contributed by atoms with E-state index < -0.39 is 5.50 Å². The molecule has 4 nitrogen and oxygen atoms in total. The minimum atomic E-state index is -0.432. The number of nitrogens with one attached hydrogen (secondary N) is 2. The van der Waals surface area contributed by atoms with Crippen LogP contribution < -0.4 is 15.4 Å². The fourth-order valence-electron chi connectivity index (χ4n) is 2.87. The maximum absolute atomic E-state index is 13.8. The Labute approximate surface area is 183 Å². The molecule has 7 heteroatoms. The van der Waals surface area contributed by atoms with E-state index in [1.807, 2.05) is 48.5 Å². The highest BCUT2D eigenvalue weighted by molar-refractivity contribution is 8.05. The van der Waals surface area contributed by atoms with Gasteiger partial charge in [-0.3, -0.25) is 4.79 Å². The lowest BCUT2D eigenvalue weighted by atomic mass is 10.2. The molecule has 1 aliphatic heterocycles. The third-order valence-corrected chi connectivity index (χ3v) is 5.82. The molecule has 4 rings (SSSR count). The van der Waals surface area contributed by atoms with Crippen molar-refractivity contribution in [2.45, 2.75) is 12.1 Å². The van der Waals surface area contributed by atoms with E-state index in [2.05, 4.69) is 10.6 Å². The number of hydrogen-bond acceptors (Lipinski definition) is 4. The Hall–Kier alpha value is -2.96. The zero-order valence-electron chi connectivity index (χ0n) is 15.8. The normalized spacial score (nSPS) is 17.1. The fraction of sp³-hybridized carbons (Fsp3) is 0.0870. The van der Waals surface area contributed by atoms with Gasteiger partial charge in [-0.1, -0.05) is 65.8 Å². The molecule has 0 saturated carbocycles. The SMILES string of the molecule is O=C1NC(Nc2ccccc2F)S/C1=C\c1ccc(OCc2ccccc2Cl)cc1. The van der Waals surface area contributed by atoms with E-state index in [4.69, 9.17) is 16.3 Å². The van der Waals surface area contributed by atoms with Crippen LogP contribution in [0.1, 0.15) is 11.1 Å². The van der Waals surface area contributed by atoms with E-state index in [0.717, 1.165) is 11.1 Å². The third-order valence-electron chi connectivity index (χ3n) is 4.42. The van der Waals surface area contributed by atoms with Gasteiger partial charge in [0, 0.05) is 10.6 Å². The van der Waals surface area contributed by atoms with Crippen LogP contribution in [-0.4, -0.2) is 11.4 Å². The van der Waals surface area contributed by atoms with Gasteiger partial charge >= 0.3 is 0 Å². The van der Waals surface area contributed by atoms with Crippen molar-refractivity contribution in [3.05, 3.63) is 99.7 Å².